The first kappa shape index (κ1) is 28.1. The van der Waals surface area contributed by atoms with Crippen molar-refractivity contribution in [2.75, 3.05) is 12.4 Å². The number of aliphatic hydroxyl groups excluding tert-OH is 1. The lowest BCUT2D eigenvalue weighted by Crippen LogP contribution is -2.33. The van der Waals surface area contributed by atoms with E-state index in [4.69, 9.17) is 4.74 Å². The van der Waals surface area contributed by atoms with E-state index >= 15 is 0 Å². The van der Waals surface area contributed by atoms with Crippen LogP contribution in [0.5, 0.6) is 5.75 Å². The molecule has 9 heteroatoms. The molecule has 0 radical (unpaired) electrons. The van der Waals surface area contributed by atoms with Crippen LogP contribution in [0.4, 0.5) is 0 Å². The van der Waals surface area contributed by atoms with Gasteiger partial charge >= 0.3 is 0 Å². The molecule has 1 N–H and O–H groups in total. The Kier molecular flexibility index (Phi) is 7.65. The molecule has 7 nitrogen and oxygen atoms in total. The Morgan fingerprint density at radius 2 is 1.80 bits per heavy atom. The van der Waals surface area contributed by atoms with Gasteiger partial charge < -0.3 is 9.84 Å². The van der Waals surface area contributed by atoms with Crippen LogP contribution in [0.15, 0.2) is 67.0 Å². The van der Waals surface area contributed by atoms with Crippen molar-refractivity contribution < 1.29 is 23.1 Å². The van der Waals surface area contributed by atoms with Crippen LogP contribution in [0.2, 0.25) is 0 Å². The van der Waals surface area contributed by atoms with Gasteiger partial charge in [0.1, 0.15) is 11.5 Å². The zero-order chi connectivity index (χ0) is 28.7. The van der Waals surface area contributed by atoms with Gasteiger partial charge in [0.05, 0.1) is 27.3 Å². The van der Waals surface area contributed by atoms with Crippen LogP contribution >= 0.6 is 11.3 Å². The maximum Gasteiger partial charge on any atom is 0.178 e. The van der Waals surface area contributed by atoms with E-state index in [1.54, 1.807) is 50.3 Å². The van der Waals surface area contributed by atoms with Gasteiger partial charge in [-0.2, -0.15) is 0 Å². The average Bonchev–Trinajstić information content (AvgIpc) is 3.36. The number of sulfone groups is 1. The van der Waals surface area contributed by atoms with Crippen molar-refractivity contribution in [1.29, 1.82) is 0 Å². The van der Waals surface area contributed by atoms with Gasteiger partial charge in [0.2, 0.25) is 0 Å². The van der Waals surface area contributed by atoms with Crippen molar-refractivity contribution in [3.05, 3.63) is 88.8 Å². The highest BCUT2D eigenvalue weighted by molar-refractivity contribution is 7.93. The van der Waals surface area contributed by atoms with Gasteiger partial charge in [0.25, 0.3) is 0 Å². The molecule has 2 aromatic carbocycles. The van der Waals surface area contributed by atoms with E-state index in [0.29, 0.717) is 35.5 Å². The predicted octanol–water partition coefficient (Wildman–Crippen LogP) is 5.86. The average molecular weight is 577 g/mol. The van der Waals surface area contributed by atoms with Crippen LogP contribution in [0.1, 0.15) is 53.5 Å². The molecule has 0 saturated heterocycles. The topological polar surface area (TPSA) is 106 Å². The molecule has 3 heterocycles. The molecular formula is C31H32N2O5S2. The highest BCUT2D eigenvalue weighted by Crippen LogP contribution is 2.40. The molecule has 2 atom stereocenters. The van der Waals surface area contributed by atoms with Gasteiger partial charge in [0.15, 0.2) is 15.6 Å². The Morgan fingerprint density at radius 3 is 2.48 bits per heavy atom. The lowest BCUT2D eigenvalue weighted by atomic mass is 9.88. The van der Waals surface area contributed by atoms with Crippen molar-refractivity contribution in [3.63, 3.8) is 0 Å². The fourth-order valence-electron chi connectivity index (χ4n) is 4.68. The van der Waals surface area contributed by atoms with E-state index in [0.717, 1.165) is 26.7 Å². The molecule has 40 heavy (non-hydrogen) atoms. The monoisotopic (exact) mass is 576 g/mol. The Balaban J connectivity index is 1.34. The summed E-state index contributed by atoms with van der Waals surface area (Å²) in [5.41, 5.74) is 4.25. The molecule has 0 saturated carbocycles. The molecule has 208 valence electrons. The normalized spacial score (nSPS) is 17.2. The summed E-state index contributed by atoms with van der Waals surface area (Å²) in [7, 11) is -3.63. The zero-order valence-corrected chi connectivity index (χ0v) is 24.6. The second-order valence-corrected chi connectivity index (χ2v) is 15.1. The molecule has 0 fully saturated rings. The minimum atomic E-state index is -3.63. The number of aliphatic hydroxyl groups is 1. The minimum Gasteiger partial charge on any atom is -0.493 e. The molecule has 0 amide bonds. The molecule has 0 aliphatic carbocycles. The largest absolute Gasteiger partial charge is 0.493 e. The molecule has 1 aliphatic heterocycles. The Morgan fingerprint density at radius 1 is 1.05 bits per heavy atom. The Bertz CT molecular complexity index is 1650. The SMILES string of the molecule is Cc1ncc(-c2ccc(C[C@H]3COc4cc(-c5ccccc5C(=O)CS(=O)(=O)C(C)(C)C)ccc4[C@@H]3O)nc2)s1. The number of hydrogen-bond acceptors (Lipinski definition) is 8. The number of aromatic nitrogens is 2. The summed E-state index contributed by atoms with van der Waals surface area (Å²) in [4.78, 5) is 23.1. The Labute approximate surface area is 238 Å². The molecule has 2 aromatic heterocycles. The van der Waals surface area contributed by atoms with Crippen molar-refractivity contribution in [2.45, 2.75) is 45.0 Å². The van der Waals surface area contributed by atoms with Crippen LogP contribution in [-0.4, -0.2) is 46.4 Å². The second kappa shape index (κ2) is 10.9. The smallest absolute Gasteiger partial charge is 0.178 e. The molecule has 0 unspecified atom stereocenters. The maximum absolute atomic E-state index is 13.1. The number of fused-ring (bicyclic) bond motifs is 1. The third-order valence-electron chi connectivity index (χ3n) is 7.23. The van der Waals surface area contributed by atoms with Gasteiger partial charge in [0, 0.05) is 40.7 Å². The fourth-order valence-corrected chi connectivity index (χ4v) is 6.38. The standard InChI is InChI=1S/C31H32N2O5S2/c1-19-32-16-29(39-19)21-9-11-23(33-15-21)13-22-17-38-28-14-20(10-12-26(28)30(22)35)24-7-5-6-8-25(24)27(34)18-40(36,37)31(2,3)4/h5-12,14-16,22,30,35H,13,17-18H2,1-4H3/t22-,30+/m0/s1. The molecule has 5 rings (SSSR count). The summed E-state index contributed by atoms with van der Waals surface area (Å²) in [6.07, 6.45) is 3.51. The number of aryl methyl sites for hydroxylation is 1. The molecule has 0 bridgehead atoms. The van der Waals surface area contributed by atoms with E-state index in [1.807, 2.05) is 55.7 Å². The summed E-state index contributed by atoms with van der Waals surface area (Å²) < 4.78 is 30.4. The van der Waals surface area contributed by atoms with E-state index in [9.17, 15) is 18.3 Å². The number of pyridine rings is 1. The minimum absolute atomic E-state index is 0.168. The summed E-state index contributed by atoms with van der Waals surface area (Å²) >= 11 is 1.62. The van der Waals surface area contributed by atoms with Crippen LogP contribution in [-0.2, 0) is 16.3 Å². The van der Waals surface area contributed by atoms with Crippen molar-refractivity contribution >= 4 is 27.0 Å². The van der Waals surface area contributed by atoms with E-state index < -0.39 is 32.2 Å². The number of ketones is 1. The van der Waals surface area contributed by atoms with E-state index in [2.05, 4.69) is 9.97 Å². The number of benzene rings is 2. The van der Waals surface area contributed by atoms with E-state index in [1.165, 1.54) is 0 Å². The number of ether oxygens (including phenoxy) is 1. The van der Waals surface area contributed by atoms with Gasteiger partial charge in [-0.3, -0.25) is 9.78 Å². The van der Waals surface area contributed by atoms with Crippen LogP contribution in [0, 0.1) is 12.8 Å². The van der Waals surface area contributed by atoms with Crippen LogP contribution < -0.4 is 4.74 Å². The lowest BCUT2D eigenvalue weighted by molar-refractivity contribution is 0.0503. The summed E-state index contributed by atoms with van der Waals surface area (Å²) in [6.45, 7) is 7.07. The first-order chi connectivity index (χ1) is 18.9. The number of rotatable bonds is 7. The highest BCUT2D eigenvalue weighted by Gasteiger charge is 2.33. The molecule has 0 spiro atoms. The number of hydrogen-bond donors (Lipinski definition) is 1. The van der Waals surface area contributed by atoms with Gasteiger partial charge in [-0.1, -0.05) is 42.5 Å². The first-order valence-electron chi connectivity index (χ1n) is 13.1. The molecule has 1 aliphatic rings. The van der Waals surface area contributed by atoms with Crippen molar-refractivity contribution in [3.8, 4) is 27.3 Å². The number of thiazole rings is 1. The molecular weight excluding hydrogens is 544 g/mol. The quantitative estimate of drug-likeness (QED) is 0.275. The van der Waals surface area contributed by atoms with Crippen LogP contribution in [0.3, 0.4) is 0 Å². The fraction of sp³-hybridized carbons (Fsp3) is 0.323. The van der Waals surface area contributed by atoms with Gasteiger partial charge in [-0.15, -0.1) is 11.3 Å². The predicted molar refractivity (Wildman–Crippen MR) is 157 cm³/mol. The summed E-state index contributed by atoms with van der Waals surface area (Å²) in [6, 6.07) is 16.4. The third-order valence-corrected chi connectivity index (χ3v) is 10.7. The molecule has 4 aromatic rings. The van der Waals surface area contributed by atoms with Crippen molar-refractivity contribution in [2.24, 2.45) is 5.92 Å². The highest BCUT2D eigenvalue weighted by atomic mass is 32.2. The van der Waals surface area contributed by atoms with Gasteiger partial charge in [-0.25, -0.2) is 13.4 Å². The number of Topliss-reactive ketones (excluding diaryl/α,β-unsaturated/α-hetero) is 1. The summed E-state index contributed by atoms with van der Waals surface area (Å²) in [5, 5.41) is 12.2. The van der Waals surface area contributed by atoms with Crippen LogP contribution in [0.25, 0.3) is 21.6 Å². The Hall–Kier alpha value is -3.40. The maximum atomic E-state index is 13.1. The zero-order valence-electron chi connectivity index (χ0n) is 22.9. The number of nitrogens with zero attached hydrogens (tertiary/aromatic N) is 2. The van der Waals surface area contributed by atoms with Crippen molar-refractivity contribution in [1.82, 2.24) is 9.97 Å². The first-order valence-corrected chi connectivity index (χ1v) is 15.6. The number of carbonyl (C=O) groups is 1. The van der Waals surface area contributed by atoms with E-state index in [-0.39, 0.29) is 5.92 Å². The summed E-state index contributed by atoms with van der Waals surface area (Å²) in [5.74, 6) is -0.629. The lowest BCUT2D eigenvalue weighted by Gasteiger charge is -2.30. The third kappa shape index (κ3) is 5.73. The van der Waals surface area contributed by atoms with Gasteiger partial charge in [-0.05, 0) is 57.4 Å². The number of carbonyl (C=O) groups excluding carboxylic acids is 1. The second-order valence-electron chi connectivity index (χ2n) is 11.1.